The first-order valence-corrected chi connectivity index (χ1v) is 8.04. The number of allylic oxidation sites excluding steroid dienone is 4. The number of aromatic amines is 2. The van der Waals surface area contributed by atoms with Crippen molar-refractivity contribution in [3.63, 3.8) is 0 Å². The van der Waals surface area contributed by atoms with E-state index in [-0.39, 0.29) is 0 Å². The van der Waals surface area contributed by atoms with Crippen molar-refractivity contribution in [2.24, 2.45) is 9.98 Å². The first kappa shape index (κ1) is 13.3. The van der Waals surface area contributed by atoms with Crippen LogP contribution in [0.15, 0.2) is 69.8 Å². The second kappa shape index (κ2) is 4.68. The predicted octanol–water partition coefficient (Wildman–Crippen LogP) is 2.33. The van der Waals surface area contributed by atoms with Crippen LogP contribution in [0.25, 0.3) is 11.3 Å². The molecule has 0 atom stereocenters. The molecule has 0 spiro atoms. The minimum atomic E-state index is 0.958. The molecule has 116 valence electrons. The molecule has 2 N–H and O–H groups in total. The first-order valence-electron chi connectivity index (χ1n) is 8.04. The van der Waals surface area contributed by atoms with Gasteiger partial charge in [0.2, 0.25) is 0 Å². The van der Waals surface area contributed by atoms with E-state index in [1.165, 1.54) is 5.57 Å². The summed E-state index contributed by atoms with van der Waals surface area (Å²) in [5.41, 5.74) is 8.24. The molecule has 0 aliphatic carbocycles. The SMILES string of the molecule is CC1=C2C=CC(=N2)c2ccc([nH]2)C(C)=c2ccc([nH]2)=C2C=CC1=N2. The molecule has 2 aromatic heterocycles. The lowest BCUT2D eigenvalue weighted by molar-refractivity contribution is 1.21. The van der Waals surface area contributed by atoms with Gasteiger partial charge in [-0.15, -0.1) is 0 Å². The Labute approximate surface area is 139 Å². The highest BCUT2D eigenvalue weighted by molar-refractivity contribution is 6.16. The summed E-state index contributed by atoms with van der Waals surface area (Å²) in [4.78, 5) is 16.5. The van der Waals surface area contributed by atoms with Crippen molar-refractivity contribution in [3.05, 3.63) is 81.9 Å². The number of nitrogens with one attached hydrogen (secondary N) is 2. The number of hydrogen-bond donors (Lipinski definition) is 2. The molecule has 0 saturated heterocycles. The minimum absolute atomic E-state index is 0.958. The van der Waals surface area contributed by atoms with E-state index in [9.17, 15) is 0 Å². The summed E-state index contributed by atoms with van der Waals surface area (Å²) in [6, 6.07) is 8.38. The third-order valence-corrected chi connectivity index (χ3v) is 4.78. The van der Waals surface area contributed by atoms with Crippen LogP contribution < -0.4 is 10.7 Å². The quantitative estimate of drug-likeness (QED) is 0.750. The standard InChI is InChI=1S/C20H16N4/c1-11-13-3-7-17(21-13)19-9-5-15(23-19)12(2)16-6-10-20(24-16)18-8-4-14(11)22-18/h3-10,21-22H,1-2H3. The third-order valence-electron chi connectivity index (χ3n) is 4.78. The van der Waals surface area contributed by atoms with Gasteiger partial charge in [-0.05, 0) is 68.0 Å². The van der Waals surface area contributed by atoms with Crippen LogP contribution in [0.1, 0.15) is 25.2 Å². The van der Waals surface area contributed by atoms with Crippen molar-refractivity contribution in [2.75, 3.05) is 0 Å². The van der Waals surface area contributed by atoms with Crippen LogP contribution in [0.5, 0.6) is 0 Å². The fourth-order valence-corrected chi connectivity index (χ4v) is 3.24. The normalized spacial score (nSPS) is 18.2. The number of rotatable bonds is 0. The number of aromatic nitrogens is 2. The van der Waals surface area contributed by atoms with Crippen LogP contribution in [-0.2, 0) is 0 Å². The van der Waals surface area contributed by atoms with Crippen LogP contribution in [0.4, 0.5) is 0 Å². The van der Waals surface area contributed by atoms with Crippen molar-refractivity contribution < 1.29 is 0 Å². The lowest BCUT2D eigenvalue weighted by Gasteiger charge is -2.01. The van der Waals surface area contributed by atoms with E-state index in [2.05, 4.69) is 72.4 Å². The summed E-state index contributed by atoms with van der Waals surface area (Å²) in [7, 11) is 0. The van der Waals surface area contributed by atoms with Crippen molar-refractivity contribution in [3.8, 4) is 0 Å². The Morgan fingerprint density at radius 1 is 0.625 bits per heavy atom. The Hall–Kier alpha value is -3.14. The Bertz CT molecular complexity index is 1160. The highest BCUT2D eigenvalue weighted by Gasteiger charge is 2.16. The zero-order valence-electron chi connectivity index (χ0n) is 13.5. The summed E-state index contributed by atoms with van der Waals surface area (Å²) in [6.07, 6.45) is 8.23. The van der Waals surface area contributed by atoms with Crippen LogP contribution in [0, 0.1) is 0 Å². The van der Waals surface area contributed by atoms with Gasteiger partial charge in [-0.1, -0.05) is 0 Å². The topological polar surface area (TPSA) is 56.3 Å². The van der Waals surface area contributed by atoms with Gasteiger partial charge in [-0.2, -0.15) is 0 Å². The monoisotopic (exact) mass is 312 g/mol. The molecule has 0 radical (unpaired) electrons. The number of fused-ring (bicyclic) bond motifs is 7. The van der Waals surface area contributed by atoms with Gasteiger partial charge in [0.1, 0.15) is 0 Å². The van der Waals surface area contributed by atoms with Gasteiger partial charge in [0.25, 0.3) is 0 Å². The summed E-state index contributed by atoms with van der Waals surface area (Å²) in [5.74, 6) is 0. The van der Waals surface area contributed by atoms with E-state index in [1.54, 1.807) is 0 Å². The Morgan fingerprint density at radius 3 is 2.25 bits per heavy atom. The zero-order valence-corrected chi connectivity index (χ0v) is 13.5. The van der Waals surface area contributed by atoms with Crippen LogP contribution in [-0.4, -0.2) is 21.4 Å². The van der Waals surface area contributed by atoms with Crippen molar-refractivity contribution in [1.29, 1.82) is 0 Å². The van der Waals surface area contributed by atoms with Gasteiger partial charge in [0.05, 0.1) is 33.9 Å². The molecular weight excluding hydrogens is 296 g/mol. The summed E-state index contributed by atoms with van der Waals surface area (Å²) < 4.78 is 0. The van der Waals surface area contributed by atoms with Gasteiger partial charge in [-0.25, -0.2) is 9.98 Å². The third kappa shape index (κ3) is 1.86. The highest BCUT2D eigenvalue weighted by atomic mass is 14.9. The molecule has 4 nitrogen and oxygen atoms in total. The molecule has 0 aromatic carbocycles. The molecule has 2 aromatic rings. The molecule has 8 bridgehead atoms. The molecule has 0 amide bonds. The van der Waals surface area contributed by atoms with E-state index < -0.39 is 0 Å². The average Bonchev–Trinajstić information content (AvgIpc) is 3.39. The van der Waals surface area contributed by atoms with Crippen LogP contribution in [0.3, 0.4) is 0 Å². The van der Waals surface area contributed by atoms with E-state index >= 15 is 0 Å². The lowest BCUT2D eigenvalue weighted by atomic mass is 10.1. The largest absolute Gasteiger partial charge is 0.353 e. The number of aliphatic imine (C=N–C) groups is 2. The maximum atomic E-state index is 4.77. The second-order valence-electron chi connectivity index (χ2n) is 6.25. The van der Waals surface area contributed by atoms with Crippen molar-refractivity contribution >= 4 is 22.7 Å². The summed E-state index contributed by atoms with van der Waals surface area (Å²) in [6.45, 7) is 4.19. The van der Waals surface area contributed by atoms with E-state index in [1.807, 2.05) is 0 Å². The molecule has 0 fully saturated rings. The second-order valence-corrected chi connectivity index (χ2v) is 6.25. The molecule has 3 aliphatic heterocycles. The first-order chi connectivity index (χ1) is 11.7. The number of nitrogens with zero attached hydrogens (tertiary/aromatic N) is 2. The predicted molar refractivity (Wildman–Crippen MR) is 97.4 cm³/mol. The van der Waals surface area contributed by atoms with Crippen molar-refractivity contribution in [1.82, 2.24) is 9.97 Å². The zero-order chi connectivity index (χ0) is 16.3. The van der Waals surface area contributed by atoms with Crippen LogP contribution in [0.2, 0.25) is 0 Å². The fraction of sp³-hybridized carbons (Fsp3) is 0.100. The minimum Gasteiger partial charge on any atom is -0.353 e. The average molecular weight is 312 g/mol. The molecule has 24 heavy (non-hydrogen) atoms. The lowest BCUT2D eigenvalue weighted by Crippen LogP contribution is -2.14. The van der Waals surface area contributed by atoms with E-state index in [4.69, 9.17) is 9.98 Å². The van der Waals surface area contributed by atoms with Gasteiger partial charge in [0.15, 0.2) is 0 Å². The summed E-state index contributed by atoms with van der Waals surface area (Å²) >= 11 is 0. The van der Waals surface area contributed by atoms with Gasteiger partial charge < -0.3 is 9.97 Å². The van der Waals surface area contributed by atoms with Gasteiger partial charge >= 0.3 is 0 Å². The maximum absolute atomic E-state index is 4.77. The Morgan fingerprint density at radius 2 is 1.33 bits per heavy atom. The van der Waals surface area contributed by atoms with Crippen molar-refractivity contribution in [2.45, 2.75) is 13.8 Å². The van der Waals surface area contributed by atoms with E-state index in [0.29, 0.717) is 0 Å². The molecule has 5 heterocycles. The number of hydrogen-bond acceptors (Lipinski definition) is 2. The van der Waals surface area contributed by atoms with Gasteiger partial charge in [0, 0.05) is 16.6 Å². The molecule has 0 saturated carbocycles. The Balaban J connectivity index is 1.88. The summed E-state index contributed by atoms with van der Waals surface area (Å²) in [5, 5.41) is 2.13. The number of H-pyrrole nitrogens is 2. The maximum Gasteiger partial charge on any atom is 0.0872 e. The smallest absolute Gasteiger partial charge is 0.0872 e. The molecule has 4 heteroatoms. The van der Waals surface area contributed by atoms with Gasteiger partial charge in [-0.3, -0.25) is 0 Å². The molecule has 3 aliphatic rings. The Kier molecular flexibility index (Phi) is 2.59. The van der Waals surface area contributed by atoms with Crippen LogP contribution >= 0.6 is 0 Å². The fourth-order valence-electron chi connectivity index (χ4n) is 3.24. The molecular formula is C20H16N4. The molecule has 5 rings (SSSR count). The highest BCUT2D eigenvalue weighted by Crippen LogP contribution is 2.23. The van der Waals surface area contributed by atoms with E-state index in [0.717, 1.165) is 50.5 Å². The molecule has 0 unspecified atom stereocenters.